The number of alkyl halides is 1. The van der Waals surface area contributed by atoms with Crippen molar-refractivity contribution < 1.29 is 124 Å². The van der Waals surface area contributed by atoms with Gasteiger partial charge in [0.05, 0.1) is 17.5 Å². The molecule has 9 amide bonds. The standard InChI is InChI=1S/C11H15NO5.C10H15NO5.C10H13NO5.C9H13NOS2.C6H12INO2.C6H13NO3.C6H10O.C5H10O2.C4H11NO2.40CH4/c1-2-5-17-7-8(13)6-11(16)12-9(14)3-4-10(12)15;1-2-5-15-6-8(12)7-16-11-9(13)3-4-10(11)14;1-2-5-16-10(15)6-9(14)11-7(12)3-4-8(11)13;1-2-7-11-8-12-13-9-5-3-4-6-10-9;1-2-3-10-5-8-6(9)4-7;1-2-3-9-4-6(8)5-10-7;1-3-5-7-6-4-2;1-2-4-7-5-3-6;1-2-3-6-4-7-5;;;;;;;;;;;;;;;;;;;;;;;;;;;;;;;;;;;;;;;;/h2-7H2,1H3;2-7H2,1H3;2-6H2,1H3;3-6H,2,7-8H2,1H3;2-5H2,1H3,(H,8,9);2-5,7H2,1H3;1H,4-6H2,2H3;3H,2,4-5H2,1H3;2-5H2,1H3;40*1H4. The zero-order valence-electron chi connectivity index (χ0n) is 61.4. The Balaban J connectivity index is -0.0000000172. The van der Waals surface area contributed by atoms with Crippen LogP contribution in [-0.4, -0.2) is 232 Å². The molecule has 0 atom stereocenters. The number of nitrogens with two attached hydrogens (primary N) is 2. The highest BCUT2D eigenvalue weighted by Crippen LogP contribution is 2.28. The molecule has 0 unspecified atom stereocenters. The summed E-state index contributed by atoms with van der Waals surface area (Å²) in [7, 11) is 3.33. The van der Waals surface area contributed by atoms with Gasteiger partial charge in [-0.05, 0) is 80.7 Å². The van der Waals surface area contributed by atoms with Crippen molar-refractivity contribution in [1.82, 2.24) is 25.2 Å². The predicted molar refractivity (Wildman–Crippen MR) is 658 cm³/mol. The Morgan fingerprint density at radius 1 is 0.399 bits per heavy atom. The summed E-state index contributed by atoms with van der Waals surface area (Å²) in [6.45, 7) is 24.2. The first-order chi connectivity index (χ1) is 49.6. The number of Topliss-reactive ketones (excluding diaryl/α,β-unsaturated/α-hetero) is 3. The number of carbonyl (C=O) groups excluding carboxylic acids is 14. The fourth-order valence-corrected chi connectivity index (χ4v) is 8.27. The second-order valence-electron chi connectivity index (χ2n) is 20.4. The number of hydrogen-bond donors (Lipinski definition) is 3. The second kappa shape index (κ2) is 229. The first kappa shape index (κ1) is 299. The molecule has 36 heteroatoms. The average Bonchev–Trinajstić information content (AvgIpc) is 1.72. The molecule has 0 spiro atoms. The van der Waals surface area contributed by atoms with Crippen molar-refractivity contribution in [2.24, 2.45) is 11.8 Å². The van der Waals surface area contributed by atoms with Crippen LogP contribution in [0.4, 0.5) is 0 Å². The molecule has 3 saturated heterocycles. The van der Waals surface area contributed by atoms with Crippen molar-refractivity contribution in [2.45, 2.75) is 474 Å². The summed E-state index contributed by atoms with van der Waals surface area (Å²) < 4.78 is 44.8. The number of likely N-dealkylation sites (tertiary alicyclic amines) is 2. The maximum Gasteiger partial charge on any atom is 0.315 e. The van der Waals surface area contributed by atoms with Gasteiger partial charge in [-0.1, -0.05) is 405 Å². The number of esters is 1. The largest absolute Gasteiger partial charge is 0.465 e. The summed E-state index contributed by atoms with van der Waals surface area (Å²) in [5.41, 5.74) is 0. The van der Waals surface area contributed by atoms with E-state index >= 15 is 0 Å². The molecule has 3 fully saturated rings. The number of imide groups is 7. The Hall–Kier alpha value is -6.00. The summed E-state index contributed by atoms with van der Waals surface area (Å²) in [4.78, 5) is 172. The zero-order chi connectivity index (χ0) is 78.5. The molecule has 0 radical (unpaired) electrons. The van der Waals surface area contributed by atoms with Crippen LogP contribution in [-0.2, 0) is 124 Å². The number of aromatic nitrogens is 1. The lowest BCUT2D eigenvalue weighted by Gasteiger charge is -2.12. The Morgan fingerprint density at radius 2 is 0.713 bits per heavy atom. The zero-order valence-corrected chi connectivity index (χ0v) is 65.2. The van der Waals surface area contributed by atoms with Gasteiger partial charge in [0.2, 0.25) is 41.4 Å². The molecule has 143 heavy (non-hydrogen) atoms. The number of aldehydes is 1. The molecule has 0 bridgehead atoms. The van der Waals surface area contributed by atoms with Crippen LogP contribution in [0.2, 0.25) is 0 Å². The molecule has 910 valence electrons. The summed E-state index contributed by atoms with van der Waals surface area (Å²) in [5.74, 6) is 6.41. The van der Waals surface area contributed by atoms with Gasteiger partial charge >= 0.3 is 5.97 Å². The number of halogens is 1. The van der Waals surface area contributed by atoms with Crippen LogP contribution in [0.15, 0.2) is 29.4 Å². The summed E-state index contributed by atoms with van der Waals surface area (Å²) in [5, 5.41) is 4.30. The Morgan fingerprint density at radius 3 is 1.03 bits per heavy atom. The number of pyridine rings is 1. The van der Waals surface area contributed by atoms with Crippen LogP contribution in [0.25, 0.3) is 0 Å². The Labute approximate surface area is 922 Å². The fourth-order valence-electron chi connectivity index (χ4n) is 6.40. The van der Waals surface area contributed by atoms with Gasteiger partial charge in [-0.2, -0.15) is 5.06 Å². The molecule has 1 aromatic heterocycles. The average molecular weight is 2260 g/mol. The Bertz CT molecular complexity index is 2480. The smallest absolute Gasteiger partial charge is 0.315 e. The number of terminal acetylenes is 1. The highest BCUT2D eigenvalue weighted by atomic mass is 127. The molecule has 3 aliphatic heterocycles. The van der Waals surface area contributed by atoms with E-state index in [0.717, 1.165) is 88.4 Å². The minimum absolute atomic E-state index is 0. The number of hydrogen-bond acceptors (Lipinski definition) is 31. The molecule has 0 saturated carbocycles. The third-order valence-corrected chi connectivity index (χ3v) is 13.5. The van der Waals surface area contributed by atoms with Crippen LogP contribution >= 0.6 is 44.2 Å². The van der Waals surface area contributed by atoms with Crippen molar-refractivity contribution in [2.75, 3.05) is 130 Å². The van der Waals surface area contributed by atoms with Gasteiger partial charge in [-0.25, -0.2) is 26.6 Å². The quantitative estimate of drug-likeness (QED) is 0.00466. The number of carbonyl (C=O) groups is 14. The molecule has 33 nitrogen and oxygen atoms in total. The molecule has 0 aromatic carbocycles. The summed E-state index contributed by atoms with van der Waals surface area (Å²) >= 11 is 2.01. The van der Waals surface area contributed by atoms with Gasteiger partial charge in [0.25, 0.3) is 11.8 Å². The molecule has 1 aromatic rings. The van der Waals surface area contributed by atoms with Gasteiger partial charge in [0.15, 0.2) is 24.1 Å². The third-order valence-electron chi connectivity index (χ3n) is 10.8. The van der Waals surface area contributed by atoms with Crippen LogP contribution < -0.4 is 17.1 Å². The van der Waals surface area contributed by atoms with Crippen LogP contribution in [0, 0.1) is 12.3 Å². The number of nitrogens with one attached hydrogen (secondary N) is 1. The number of hydroxylamine groups is 2. The number of rotatable bonds is 45. The van der Waals surface area contributed by atoms with E-state index in [1.165, 1.54) is 0 Å². The van der Waals surface area contributed by atoms with E-state index in [9.17, 15) is 67.1 Å². The second-order valence-corrected chi connectivity index (χ2v) is 23.4. The van der Waals surface area contributed by atoms with Gasteiger partial charge in [-0.3, -0.25) is 76.8 Å². The third kappa shape index (κ3) is 198. The Kier molecular flexibility index (Phi) is 480. The molecule has 5 N–H and O–H groups in total. The maximum absolute atomic E-state index is 11.5. The molecule has 3 aliphatic rings. The van der Waals surface area contributed by atoms with E-state index in [4.69, 9.17) is 49.2 Å². The first-order valence-electron chi connectivity index (χ1n) is 33.7. The van der Waals surface area contributed by atoms with Crippen molar-refractivity contribution in [1.29, 1.82) is 0 Å². The highest BCUT2D eigenvalue weighted by Gasteiger charge is 2.36. The molecular weight excluding hydrogens is 1990 g/mol. The lowest BCUT2D eigenvalue weighted by Crippen LogP contribution is -2.37. The van der Waals surface area contributed by atoms with E-state index < -0.39 is 71.9 Å². The topological polar surface area (TPSA) is 436 Å². The van der Waals surface area contributed by atoms with Crippen molar-refractivity contribution >= 4 is 127 Å². The normalized spacial score (nSPS) is 8.90. The van der Waals surface area contributed by atoms with Crippen LogP contribution in [0.5, 0.6) is 0 Å². The minimum atomic E-state index is -0.798. The fraction of sp³-hybridized carbons (Fsp3) is 0.804. The van der Waals surface area contributed by atoms with Gasteiger partial charge < -0.3 is 52.7 Å². The molecule has 0 aliphatic carbocycles. The lowest BCUT2D eigenvalue weighted by atomic mass is 10.2. The van der Waals surface area contributed by atoms with E-state index in [1.807, 2.05) is 89.3 Å². The van der Waals surface area contributed by atoms with Gasteiger partial charge in [-0.15, -0.1) is 6.42 Å². The highest BCUT2D eigenvalue weighted by molar-refractivity contribution is 14.1. The first-order valence-corrected chi connectivity index (χ1v) is 37.5. The summed E-state index contributed by atoms with van der Waals surface area (Å²) in [6.07, 6.45) is 15.2. The number of ketones is 3. The SMILES string of the molecule is C.C.C.C.C.C.C.C.C.C.C.C.C.C.C.C.C.C.C.C.C.C.C.C.C.C.C.C.C.C.C.C.C.C.C.C.C.C.C.C.C#CCOCCC.CCCOC(=O)CC(=O)N1C(=O)CCC1=O.CCCOCC(=O)CC(=O)N1C(=O)CCC1=O.CCCOCC(=O)CON.CCCOCC(=O)CON1C(=O)CCC1=O.CCCOCC=O.CCCOCNC(=O)CI.CCCOCON.CCCOCSSc1ccccn1. The minimum Gasteiger partial charge on any atom is -0.465 e. The van der Waals surface area contributed by atoms with E-state index in [1.54, 1.807) is 27.8 Å². The summed E-state index contributed by atoms with van der Waals surface area (Å²) in [6, 6.07) is 5.91. The number of nitrogens with zero attached hydrogens (tertiary/aromatic N) is 4. The van der Waals surface area contributed by atoms with Crippen LogP contribution in [0.1, 0.15) is 469 Å². The van der Waals surface area contributed by atoms with Crippen molar-refractivity contribution in [3.8, 4) is 12.3 Å². The number of ether oxygens (including phenoxy) is 9. The predicted octanol–water partition coefficient (Wildman–Crippen LogP) is 31.5. The number of amides is 9. The monoisotopic (exact) mass is 2260 g/mol. The van der Waals surface area contributed by atoms with Crippen molar-refractivity contribution in [3.05, 3.63) is 24.4 Å². The molecule has 4 rings (SSSR count). The lowest BCUT2D eigenvalue weighted by molar-refractivity contribution is -0.189. The van der Waals surface area contributed by atoms with Crippen molar-refractivity contribution in [3.63, 3.8) is 0 Å². The maximum atomic E-state index is 11.5. The molecule has 4 heterocycles. The molecular formula is C107H272IN7O26S2. The van der Waals surface area contributed by atoms with E-state index in [2.05, 4.69) is 56.3 Å². The van der Waals surface area contributed by atoms with Gasteiger partial charge in [0, 0.05) is 97.6 Å². The van der Waals surface area contributed by atoms with E-state index in [0.29, 0.717) is 72.1 Å². The van der Waals surface area contributed by atoms with Crippen LogP contribution in [0.3, 0.4) is 0 Å². The van der Waals surface area contributed by atoms with Gasteiger partial charge in [0.1, 0.15) is 76.7 Å². The van der Waals surface area contributed by atoms with E-state index in [-0.39, 0.29) is 406 Å².